The van der Waals surface area contributed by atoms with Gasteiger partial charge in [0.1, 0.15) is 0 Å². The zero-order chi connectivity index (χ0) is 10.0. The van der Waals surface area contributed by atoms with Crippen molar-refractivity contribution in [2.24, 2.45) is 0 Å². The molecule has 0 saturated carbocycles. The minimum atomic E-state index is -1.63. The molecular weight excluding hydrogens is 174 g/mol. The molecule has 13 heavy (non-hydrogen) atoms. The predicted molar refractivity (Wildman–Crippen MR) is 39.5 cm³/mol. The van der Waals surface area contributed by atoms with Crippen molar-refractivity contribution in [1.29, 1.82) is 0 Å². The quantitative estimate of drug-likeness (QED) is 0.528. The zero-order valence-electron chi connectivity index (χ0n) is 6.44. The molecule has 5 heteroatoms. The summed E-state index contributed by atoms with van der Waals surface area (Å²) in [6.45, 7) is 0. The van der Waals surface area contributed by atoms with E-state index in [0.717, 1.165) is 6.07 Å². The summed E-state index contributed by atoms with van der Waals surface area (Å²) in [6.07, 6.45) is 0. The number of hydrogen-bond acceptors (Lipinski definition) is 5. The Kier molecular flexibility index (Phi) is 2.19. The molecule has 0 saturated heterocycles. The molecule has 0 aliphatic heterocycles. The van der Waals surface area contributed by atoms with Crippen LogP contribution < -0.4 is 15.9 Å². The molecule has 5 nitrogen and oxygen atoms in total. The first kappa shape index (κ1) is 9.05. The summed E-state index contributed by atoms with van der Waals surface area (Å²) >= 11 is 0. The van der Waals surface area contributed by atoms with Gasteiger partial charge >= 0.3 is 0 Å². The maximum atomic E-state index is 10.5. The standard InChI is InChI=1S/C8H7NO4/c9-5-3-1-2-4(7(10)11)6(5)8(12)13/h1-3H,9H2,(H,10,11)(H,12,13)/p-2. The number of carbonyl (C=O) groups is 2. The van der Waals surface area contributed by atoms with E-state index in [-0.39, 0.29) is 5.69 Å². The number of hydrogen-bond donors (Lipinski definition) is 1. The predicted octanol–water partition coefficient (Wildman–Crippen LogP) is -2.00. The lowest BCUT2D eigenvalue weighted by atomic mass is 10.1. The Bertz CT molecular complexity index is 372. The molecule has 68 valence electrons. The highest BCUT2D eigenvalue weighted by atomic mass is 16.4. The largest absolute Gasteiger partial charge is 0.545 e. The minimum Gasteiger partial charge on any atom is -0.545 e. The number of benzene rings is 1. The van der Waals surface area contributed by atoms with Gasteiger partial charge in [0.2, 0.25) is 0 Å². The highest BCUT2D eigenvalue weighted by Crippen LogP contribution is 2.15. The van der Waals surface area contributed by atoms with Gasteiger partial charge in [-0.25, -0.2) is 0 Å². The van der Waals surface area contributed by atoms with Gasteiger partial charge in [-0.3, -0.25) is 0 Å². The summed E-state index contributed by atoms with van der Waals surface area (Å²) in [4.78, 5) is 20.9. The number of nitrogen functional groups attached to an aromatic ring is 1. The molecule has 0 aromatic heterocycles. The molecule has 0 radical (unpaired) electrons. The monoisotopic (exact) mass is 179 g/mol. The number of nitrogens with two attached hydrogens (primary N) is 1. The fourth-order valence-electron chi connectivity index (χ4n) is 0.968. The van der Waals surface area contributed by atoms with Crippen LogP contribution in [0.5, 0.6) is 0 Å². The van der Waals surface area contributed by atoms with Crippen LogP contribution >= 0.6 is 0 Å². The van der Waals surface area contributed by atoms with E-state index < -0.39 is 23.1 Å². The first-order valence-electron chi connectivity index (χ1n) is 3.35. The molecular formula is C8H5NO4-2. The lowest BCUT2D eigenvalue weighted by molar-refractivity contribution is -0.259. The summed E-state index contributed by atoms with van der Waals surface area (Å²) in [5.41, 5.74) is 4.09. The number of carboxylic acid groups (broad SMARTS) is 2. The summed E-state index contributed by atoms with van der Waals surface area (Å²) in [5, 5.41) is 20.9. The molecule has 0 aliphatic carbocycles. The van der Waals surface area contributed by atoms with Gasteiger partial charge in [-0.15, -0.1) is 0 Å². The first-order chi connectivity index (χ1) is 6.04. The van der Waals surface area contributed by atoms with Crippen LogP contribution in [0, 0.1) is 0 Å². The highest BCUT2D eigenvalue weighted by molar-refractivity contribution is 6.03. The third-order valence-electron chi connectivity index (χ3n) is 1.52. The molecule has 0 fully saturated rings. The molecule has 0 atom stereocenters. The average molecular weight is 179 g/mol. The lowest BCUT2D eigenvalue weighted by Crippen LogP contribution is -2.30. The van der Waals surface area contributed by atoms with Crippen molar-refractivity contribution >= 4 is 17.6 Å². The highest BCUT2D eigenvalue weighted by Gasteiger charge is 2.07. The van der Waals surface area contributed by atoms with Crippen molar-refractivity contribution in [2.45, 2.75) is 0 Å². The first-order valence-corrected chi connectivity index (χ1v) is 3.35. The summed E-state index contributed by atoms with van der Waals surface area (Å²) in [5.74, 6) is -3.22. The van der Waals surface area contributed by atoms with Crippen molar-refractivity contribution in [2.75, 3.05) is 5.73 Å². The maximum Gasteiger partial charge on any atom is 0.0742 e. The van der Waals surface area contributed by atoms with Gasteiger partial charge in [0.15, 0.2) is 0 Å². The van der Waals surface area contributed by atoms with Gasteiger partial charge in [-0.05, 0) is 6.07 Å². The van der Waals surface area contributed by atoms with E-state index in [0.29, 0.717) is 0 Å². The van der Waals surface area contributed by atoms with Crippen molar-refractivity contribution in [3.63, 3.8) is 0 Å². The van der Waals surface area contributed by atoms with E-state index in [1.54, 1.807) is 0 Å². The van der Waals surface area contributed by atoms with Crippen LogP contribution in [0.2, 0.25) is 0 Å². The van der Waals surface area contributed by atoms with Crippen molar-refractivity contribution in [1.82, 2.24) is 0 Å². The van der Waals surface area contributed by atoms with E-state index in [1.807, 2.05) is 0 Å². The summed E-state index contributed by atoms with van der Waals surface area (Å²) in [6, 6.07) is 3.70. The molecule has 0 amide bonds. The molecule has 2 N–H and O–H groups in total. The molecule has 1 aromatic carbocycles. The van der Waals surface area contributed by atoms with Crippen LogP contribution in [0.1, 0.15) is 20.7 Å². The van der Waals surface area contributed by atoms with E-state index in [2.05, 4.69) is 0 Å². The Morgan fingerprint density at radius 1 is 1.15 bits per heavy atom. The third kappa shape index (κ3) is 1.58. The van der Waals surface area contributed by atoms with Crippen LogP contribution in [0.3, 0.4) is 0 Å². The van der Waals surface area contributed by atoms with Crippen LogP contribution in [-0.4, -0.2) is 11.9 Å². The number of rotatable bonds is 2. The van der Waals surface area contributed by atoms with Crippen LogP contribution in [0.15, 0.2) is 18.2 Å². The zero-order valence-corrected chi connectivity index (χ0v) is 6.44. The Hall–Kier alpha value is -2.04. The lowest BCUT2D eigenvalue weighted by Gasteiger charge is -2.12. The number of aromatic carboxylic acids is 2. The Morgan fingerprint density at radius 3 is 2.15 bits per heavy atom. The third-order valence-corrected chi connectivity index (χ3v) is 1.52. The second-order valence-electron chi connectivity index (χ2n) is 2.34. The smallest absolute Gasteiger partial charge is 0.0742 e. The fourth-order valence-corrected chi connectivity index (χ4v) is 0.968. The van der Waals surface area contributed by atoms with Crippen molar-refractivity contribution in [3.8, 4) is 0 Å². The SMILES string of the molecule is Nc1cccc(C(=O)[O-])c1C(=O)[O-]. The summed E-state index contributed by atoms with van der Waals surface area (Å²) in [7, 11) is 0. The number of anilines is 1. The van der Waals surface area contributed by atoms with Crippen LogP contribution in [-0.2, 0) is 0 Å². The van der Waals surface area contributed by atoms with E-state index in [9.17, 15) is 19.8 Å². The minimum absolute atomic E-state index is 0.151. The molecule has 1 rings (SSSR count). The fraction of sp³-hybridized carbons (Fsp3) is 0. The maximum absolute atomic E-state index is 10.5. The summed E-state index contributed by atoms with van der Waals surface area (Å²) < 4.78 is 0. The molecule has 0 spiro atoms. The Balaban J connectivity index is 3.43. The number of carbonyl (C=O) groups excluding carboxylic acids is 2. The second kappa shape index (κ2) is 3.14. The van der Waals surface area contributed by atoms with Gasteiger partial charge in [-0.1, -0.05) is 12.1 Å². The van der Waals surface area contributed by atoms with E-state index in [1.165, 1.54) is 12.1 Å². The Labute approximate surface area is 73.4 Å². The molecule has 0 heterocycles. The normalized spacial score (nSPS) is 9.54. The Morgan fingerprint density at radius 2 is 1.77 bits per heavy atom. The molecule has 0 bridgehead atoms. The molecule has 1 aromatic rings. The van der Waals surface area contributed by atoms with Gasteiger partial charge in [0.05, 0.1) is 11.9 Å². The molecule has 0 aliphatic rings. The number of carboxylic acids is 2. The van der Waals surface area contributed by atoms with Crippen LogP contribution in [0.25, 0.3) is 0 Å². The average Bonchev–Trinajstić information content (AvgIpc) is 2.02. The van der Waals surface area contributed by atoms with Crippen LogP contribution in [0.4, 0.5) is 5.69 Å². The second-order valence-corrected chi connectivity index (χ2v) is 2.34. The van der Waals surface area contributed by atoms with Gasteiger partial charge in [0, 0.05) is 16.8 Å². The van der Waals surface area contributed by atoms with Gasteiger partial charge in [0.25, 0.3) is 0 Å². The van der Waals surface area contributed by atoms with Crippen molar-refractivity contribution in [3.05, 3.63) is 29.3 Å². The topological polar surface area (TPSA) is 106 Å². The van der Waals surface area contributed by atoms with Crippen molar-refractivity contribution < 1.29 is 19.8 Å². The van der Waals surface area contributed by atoms with Gasteiger partial charge in [-0.2, -0.15) is 0 Å². The van der Waals surface area contributed by atoms with Gasteiger partial charge < -0.3 is 25.5 Å². The van der Waals surface area contributed by atoms with E-state index in [4.69, 9.17) is 5.73 Å². The molecule has 0 unspecified atom stereocenters. The van der Waals surface area contributed by atoms with E-state index >= 15 is 0 Å².